The van der Waals surface area contributed by atoms with Crippen LogP contribution in [0.4, 0.5) is 5.69 Å². The molecule has 0 atom stereocenters. The quantitative estimate of drug-likeness (QED) is 0.288. The second-order valence-corrected chi connectivity index (χ2v) is 9.23. The van der Waals surface area contributed by atoms with Crippen molar-refractivity contribution in [2.45, 2.75) is 12.8 Å². The minimum atomic E-state index is 0.0171. The number of nitrogens with zero attached hydrogens (tertiary/aromatic N) is 1. The van der Waals surface area contributed by atoms with E-state index in [9.17, 15) is 4.79 Å². The van der Waals surface area contributed by atoms with Crippen LogP contribution in [0.1, 0.15) is 28.8 Å². The fraction of sp³-hybridized carbons (Fsp3) is 0.222. The van der Waals surface area contributed by atoms with Gasteiger partial charge in [0.15, 0.2) is 5.78 Å². The SMILES string of the molecule is Nc1cccc(-c2sc3ccccc3c2C(=O)c2ccc(OCCN3CCCC3)cc2)c1. The van der Waals surface area contributed by atoms with Crippen LogP contribution in [0.5, 0.6) is 5.75 Å². The number of thiophene rings is 1. The van der Waals surface area contributed by atoms with Crippen LogP contribution < -0.4 is 10.5 Å². The van der Waals surface area contributed by atoms with Gasteiger partial charge in [-0.25, -0.2) is 0 Å². The number of hydrogen-bond donors (Lipinski definition) is 1. The van der Waals surface area contributed by atoms with Crippen LogP contribution in [-0.4, -0.2) is 36.9 Å². The molecule has 4 aromatic rings. The maximum atomic E-state index is 13.6. The summed E-state index contributed by atoms with van der Waals surface area (Å²) in [5.74, 6) is 0.815. The first-order valence-electron chi connectivity index (χ1n) is 11.1. The molecule has 5 heteroatoms. The highest BCUT2D eigenvalue weighted by Gasteiger charge is 2.21. The Hall–Kier alpha value is -3.15. The van der Waals surface area contributed by atoms with Crippen LogP contribution in [0.3, 0.4) is 0 Å². The molecule has 0 spiro atoms. The van der Waals surface area contributed by atoms with Crippen molar-refractivity contribution in [1.82, 2.24) is 4.90 Å². The van der Waals surface area contributed by atoms with Gasteiger partial charge in [-0.05, 0) is 74.0 Å². The second kappa shape index (κ2) is 9.15. The predicted molar refractivity (Wildman–Crippen MR) is 133 cm³/mol. The summed E-state index contributed by atoms with van der Waals surface area (Å²) in [6.07, 6.45) is 2.57. The number of benzene rings is 3. The first-order chi connectivity index (χ1) is 15.7. The molecule has 5 rings (SSSR count). The molecule has 1 aromatic heterocycles. The van der Waals surface area contributed by atoms with E-state index in [2.05, 4.69) is 11.0 Å². The summed E-state index contributed by atoms with van der Waals surface area (Å²) >= 11 is 1.63. The molecular formula is C27H26N2O2S. The molecule has 3 aromatic carbocycles. The van der Waals surface area contributed by atoms with Crippen LogP contribution in [0.25, 0.3) is 20.5 Å². The van der Waals surface area contributed by atoms with Gasteiger partial charge in [0, 0.05) is 38.3 Å². The van der Waals surface area contributed by atoms with Gasteiger partial charge in [-0.1, -0.05) is 30.3 Å². The number of likely N-dealkylation sites (tertiary alicyclic amines) is 1. The first kappa shape index (κ1) is 20.7. The largest absolute Gasteiger partial charge is 0.492 e. The van der Waals surface area contributed by atoms with Crippen molar-refractivity contribution < 1.29 is 9.53 Å². The molecule has 1 aliphatic rings. The van der Waals surface area contributed by atoms with Gasteiger partial charge in [0.05, 0.1) is 0 Å². The summed E-state index contributed by atoms with van der Waals surface area (Å²) in [6.45, 7) is 3.95. The first-order valence-corrected chi connectivity index (χ1v) is 11.9. The average Bonchev–Trinajstić information content (AvgIpc) is 3.47. The van der Waals surface area contributed by atoms with E-state index in [1.807, 2.05) is 66.7 Å². The summed E-state index contributed by atoms with van der Waals surface area (Å²) < 4.78 is 7.00. The van der Waals surface area contributed by atoms with E-state index < -0.39 is 0 Å². The van der Waals surface area contributed by atoms with E-state index in [4.69, 9.17) is 10.5 Å². The van der Waals surface area contributed by atoms with Crippen molar-refractivity contribution in [2.24, 2.45) is 0 Å². The van der Waals surface area contributed by atoms with E-state index in [1.54, 1.807) is 11.3 Å². The molecule has 2 heterocycles. The van der Waals surface area contributed by atoms with Crippen molar-refractivity contribution in [3.05, 3.63) is 83.9 Å². The number of nitrogen functional groups attached to an aromatic ring is 1. The van der Waals surface area contributed by atoms with Gasteiger partial charge in [-0.15, -0.1) is 11.3 Å². The van der Waals surface area contributed by atoms with E-state index in [1.165, 1.54) is 25.9 Å². The number of hydrogen-bond acceptors (Lipinski definition) is 5. The zero-order valence-electron chi connectivity index (χ0n) is 17.9. The van der Waals surface area contributed by atoms with Gasteiger partial charge in [-0.3, -0.25) is 9.69 Å². The second-order valence-electron chi connectivity index (χ2n) is 8.18. The van der Waals surface area contributed by atoms with Crippen LogP contribution in [0.15, 0.2) is 72.8 Å². The van der Waals surface area contributed by atoms with Gasteiger partial charge in [0.2, 0.25) is 0 Å². The summed E-state index contributed by atoms with van der Waals surface area (Å²) in [4.78, 5) is 17.0. The Labute approximate surface area is 192 Å². The number of carbonyl (C=O) groups excluding carboxylic acids is 1. The Morgan fingerprint density at radius 2 is 1.75 bits per heavy atom. The van der Waals surface area contributed by atoms with Crippen LogP contribution in [-0.2, 0) is 0 Å². The third-order valence-corrected chi connectivity index (χ3v) is 7.18. The van der Waals surface area contributed by atoms with Crippen molar-refractivity contribution in [3.8, 4) is 16.2 Å². The molecule has 32 heavy (non-hydrogen) atoms. The number of fused-ring (bicyclic) bond motifs is 1. The number of rotatable bonds is 7. The molecule has 1 saturated heterocycles. The van der Waals surface area contributed by atoms with Crippen LogP contribution >= 0.6 is 11.3 Å². The molecule has 1 fully saturated rings. The zero-order valence-corrected chi connectivity index (χ0v) is 18.7. The Morgan fingerprint density at radius 3 is 2.53 bits per heavy atom. The summed E-state index contributed by atoms with van der Waals surface area (Å²) in [7, 11) is 0. The molecule has 0 aliphatic carbocycles. The monoisotopic (exact) mass is 442 g/mol. The number of ether oxygens (including phenoxy) is 1. The normalized spacial score (nSPS) is 14.1. The number of ketones is 1. The van der Waals surface area contributed by atoms with E-state index in [0.29, 0.717) is 17.9 Å². The molecule has 2 N–H and O–H groups in total. The van der Waals surface area contributed by atoms with Crippen molar-refractivity contribution in [1.29, 1.82) is 0 Å². The van der Waals surface area contributed by atoms with Gasteiger partial charge in [-0.2, -0.15) is 0 Å². The Balaban J connectivity index is 1.41. The number of anilines is 1. The predicted octanol–water partition coefficient (Wildman–Crippen LogP) is 5.86. The number of carbonyl (C=O) groups is 1. The number of nitrogens with two attached hydrogens (primary N) is 1. The molecule has 0 radical (unpaired) electrons. The Bertz CT molecular complexity index is 1240. The molecule has 0 saturated carbocycles. The standard InChI is InChI=1S/C27H26N2O2S/c28-21-7-5-6-20(18-21)27-25(23-8-1-2-9-24(23)32-27)26(30)19-10-12-22(13-11-19)31-17-16-29-14-3-4-15-29/h1-2,5-13,18H,3-4,14-17,28H2. The lowest BCUT2D eigenvalue weighted by molar-refractivity contribution is 0.104. The lowest BCUT2D eigenvalue weighted by Crippen LogP contribution is -2.25. The van der Waals surface area contributed by atoms with Gasteiger partial charge in [0.1, 0.15) is 12.4 Å². The fourth-order valence-corrected chi connectivity index (χ4v) is 5.50. The van der Waals surface area contributed by atoms with E-state index in [0.717, 1.165) is 38.4 Å². The topological polar surface area (TPSA) is 55.6 Å². The highest BCUT2D eigenvalue weighted by Crippen LogP contribution is 2.40. The molecule has 4 nitrogen and oxygen atoms in total. The molecular weight excluding hydrogens is 416 g/mol. The molecule has 1 aliphatic heterocycles. The lowest BCUT2D eigenvalue weighted by Gasteiger charge is -2.15. The van der Waals surface area contributed by atoms with Crippen molar-refractivity contribution in [2.75, 3.05) is 32.0 Å². The Kier molecular flexibility index (Phi) is 5.93. The lowest BCUT2D eigenvalue weighted by atomic mass is 9.97. The summed E-state index contributed by atoms with van der Waals surface area (Å²) in [6, 6.07) is 23.3. The Morgan fingerprint density at radius 1 is 0.969 bits per heavy atom. The minimum absolute atomic E-state index is 0.0171. The fourth-order valence-electron chi connectivity index (χ4n) is 4.30. The molecule has 0 unspecified atom stereocenters. The van der Waals surface area contributed by atoms with Gasteiger partial charge in [0.25, 0.3) is 0 Å². The van der Waals surface area contributed by atoms with Gasteiger partial charge >= 0.3 is 0 Å². The van der Waals surface area contributed by atoms with Crippen molar-refractivity contribution in [3.63, 3.8) is 0 Å². The zero-order chi connectivity index (χ0) is 21.9. The maximum Gasteiger partial charge on any atom is 0.195 e. The smallest absolute Gasteiger partial charge is 0.195 e. The summed E-state index contributed by atoms with van der Waals surface area (Å²) in [5.41, 5.74) is 9.08. The minimum Gasteiger partial charge on any atom is -0.492 e. The van der Waals surface area contributed by atoms with Crippen LogP contribution in [0, 0.1) is 0 Å². The maximum absolute atomic E-state index is 13.6. The van der Waals surface area contributed by atoms with Gasteiger partial charge < -0.3 is 10.5 Å². The van der Waals surface area contributed by atoms with E-state index >= 15 is 0 Å². The average molecular weight is 443 g/mol. The molecule has 162 valence electrons. The van der Waals surface area contributed by atoms with Crippen LogP contribution in [0.2, 0.25) is 0 Å². The summed E-state index contributed by atoms with van der Waals surface area (Å²) in [5, 5.41) is 0.978. The highest BCUT2D eigenvalue weighted by atomic mass is 32.1. The molecule has 0 amide bonds. The van der Waals surface area contributed by atoms with E-state index in [-0.39, 0.29) is 5.78 Å². The van der Waals surface area contributed by atoms with Crippen molar-refractivity contribution >= 4 is 32.9 Å². The third-order valence-electron chi connectivity index (χ3n) is 5.96. The third kappa shape index (κ3) is 4.27. The molecule has 0 bridgehead atoms. The highest BCUT2D eigenvalue weighted by molar-refractivity contribution is 7.22.